The number of anilines is 1. The third-order valence-corrected chi connectivity index (χ3v) is 4.47. The first-order valence-electron chi connectivity index (χ1n) is 8.36. The number of nitrogens with zero attached hydrogens (tertiary/aromatic N) is 1. The molecule has 0 fully saturated rings. The first-order chi connectivity index (χ1) is 11.6. The minimum atomic E-state index is -0.0767. The zero-order valence-corrected chi connectivity index (χ0v) is 14.1. The Morgan fingerprint density at radius 2 is 1.62 bits per heavy atom. The maximum absolute atomic E-state index is 12.0. The molecule has 0 bridgehead atoms. The molecule has 3 nitrogen and oxygen atoms in total. The van der Waals surface area contributed by atoms with E-state index in [0.717, 1.165) is 24.2 Å². The summed E-state index contributed by atoms with van der Waals surface area (Å²) in [5, 5.41) is 0. The molecule has 0 aliphatic heterocycles. The molecule has 0 spiro atoms. The molecule has 0 radical (unpaired) electrons. The van der Waals surface area contributed by atoms with Crippen molar-refractivity contribution in [1.82, 2.24) is 0 Å². The van der Waals surface area contributed by atoms with Gasteiger partial charge >= 0.3 is 0 Å². The van der Waals surface area contributed by atoms with Crippen molar-refractivity contribution in [3.8, 4) is 0 Å². The van der Waals surface area contributed by atoms with Crippen LogP contribution in [-0.2, 0) is 0 Å². The van der Waals surface area contributed by atoms with Gasteiger partial charge in [-0.1, -0.05) is 42.5 Å². The maximum atomic E-state index is 12.0. The number of fused-ring (bicyclic) bond motifs is 1. The van der Waals surface area contributed by atoms with Gasteiger partial charge in [0.25, 0.3) is 0 Å². The Morgan fingerprint density at radius 3 is 2.29 bits per heavy atom. The highest BCUT2D eigenvalue weighted by Crippen LogP contribution is 2.27. The van der Waals surface area contributed by atoms with Gasteiger partial charge in [-0.15, -0.1) is 0 Å². The van der Waals surface area contributed by atoms with Crippen LogP contribution in [0.5, 0.6) is 0 Å². The van der Waals surface area contributed by atoms with Crippen LogP contribution < -0.4 is 4.90 Å². The monoisotopic (exact) mass is 319 g/mol. The van der Waals surface area contributed by atoms with Crippen LogP contribution in [0.25, 0.3) is 12.2 Å². The van der Waals surface area contributed by atoms with Gasteiger partial charge in [-0.25, -0.2) is 0 Å². The fraction of sp³-hybridized carbons (Fsp3) is 0.238. The largest absolute Gasteiger partial charge is 0.372 e. The van der Waals surface area contributed by atoms with E-state index in [9.17, 15) is 9.59 Å². The number of hydrogen-bond donors (Lipinski definition) is 0. The Bertz CT molecular complexity index is 799. The number of Topliss-reactive ketones (excluding diaryl/α,β-unsaturated/α-hetero) is 2. The number of rotatable bonds is 5. The third-order valence-electron chi connectivity index (χ3n) is 4.47. The summed E-state index contributed by atoms with van der Waals surface area (Å²) < 4.78 is 0. The van der Waals surface area contributed by atoms with Gasteiger partial charge in [0, 0.05) is 29.9 Å². The van der Waals surface area contributed by atoms with Crippen LogP contribution in [-0.4, -0.2) is 24.7 Å². The SMILES string of the molecule is CCN(CC)c1ccc(C=Cc2cccc3c2C(=O)CC3=O)cc1. The number of benzene rings is 2. The zero-order chi connectivity index (χ0) is 17.1. The molecule has 0 saturated carbocycles. The van der Waals surface area contributed by atoms with Gasteiger partial charge in [-0.05, 0) is 37.1 Å². The Balaban J connectivity index is 1.85. The highest BCUT2D eigenvalue weighted by atomic mass is 16.2. The van der Waals surface area contributed by atoms with E-state index in [0.29, 0.717) is 11.1 Å². The molecule has 2 aromatic rings. The molecule has 0 unspecified atom stereocenters. The Kier molecular flexibility index (Phi) is 4.61. The Morgan fingerprint density at radius 1 is 0.917 bits per heavy atom. The number of carbonyl (C=O) groups is 2. The lowest BCUT2D eigenvalue weighted by molar-refractivity contribution is 0.0923. The van der Waals surface area contributed by atoms with Crippen molar-refractivity contribution >= 4 is 29.4 Å². The highest BCUT2D eigenvalue weighted by Gasteiger charge is 2.28. The van der Waals surface area contributed by atoms with Crippen LogP contribution in [0.15, 0.2) is 42.5 Å². The molecular formula is C21H21NO2. The van der Waals surface area contributed by atoms with Crippen molar-refractivity contribution in [2.75, 3.05) is 18.0 Å². The minimum Gasteiger partial charge on any atom is -0.372 e. The summed E-state index contributed by atoms with van der Waals surface area (Å²) in [5.41, 5.74) is 4.22. The van der Waals surface area contributed by atoms with Crippen molar-refractivity contribution in [3.63, 3.8) is 0 Å². The lowest BCUT2D eigenvalue weighted by Crippen LogP contribution is -2.21. The third kappa shape index (κ3) is 3.02. The molecule has 0 N–H and O–H groups in total. The quantitative estimate of drug-likeness (QED) is 0.602. The van der Waals surface area contributed by atoms with Gasteiger partial charge in [0.1, 0.15) is 0 Å². The highest BCUT2D eigenvalue weighted by molar-refractivity contribution is 6.25. The van der Waals surface area contributed by atoms with E-state index in [-0.39, 0.29) is 18.0 Å². The van der Waals surface area contributed by atoms with Crippen LogP contribution in [0.3, 0.4) is 0 Å². The molecule has 24 heavy (non-hydrogen) atoms. The summed E-state index contributed by atoms with van der Waals surface area (Å²) in [7, 11) is 0. The van der Waals surface area contributed by atoms with Crippen molar-refractivity contribution in [2.45, 2.75) is 20.3 Å². The Hall–Kier alpha value is -2.68. The van der Waals surface area contributed by atoms with Gasteiger partial charge in [0.05, 0.1) is 6.42 Å². The lowest BCUT2D eigenvalue weighted by Gasteiger charge is -2.20. The molecule has 2 aromatic carbocycles. The van der Waals surface area contributed by atoms with Crippen LogP contribution in [0.2, 0.25) is 0 Å². The van der Waals surface area contributed by atoms with Gasteiger partial charge in [-0.3, -0.25) is 9.59 Å². The molecule has 3 heteroatoms. The normalized spacial score (nSPS) is 13.6. The smallest absolute Gasteiger partial charge is 0.171 e. The molecular weight excluding hydrogens is 298 g/mol. The lowest BCUT2D eigenvalue weighted by atomic mass is 10.0. The number of ketones is 2. The van der Waals surface area contributed by atoms with Crippen molar-refractivity contribution in [3.05, 3.63) is 64.7 Å². The summed E-state index contributed by atoms with van der Waals surface area (Å²) in [5.74, 6) is -0.152. The fourth-order valence-electron chi connectivity index (χ4n) is 3.15. The molecule has 1 aliphatic rings. The number of hydrogen-bond acceptors (Lipinski definition) is 3. The molecule has 1 aliphatic carbocycles. The first kappa shape index (κ1) is 16.2. The summed E-state index contributed by atoms with van der Waals surface area (Å²) in [6, 6.07) is 13.8. The van der Waals surface area contributed by atoms with E-state index in [1.54, 1.807) is 6.07 Å². The summed E-state index contributed by atoms with van der Waals surface area (Å²) in [4.78, 5) is 26.1. The molecule has 0 saturated heterocycles. The second-order valence-electron chi connectivity index (χ2n) is 5.89. The molecule has 0 aromatic heterocycles. The van der Waals surface area contributed by atoms with Gasteiger partial charge in [-0.2, -0.15) is 0 Å². The molecule has 0 atom stereocenters. The van der Waals surface area contributed by atoms with E-state index in [2.05, 4.69) is 43.0 Å². The van der Waals surface area contributed by atoms with Crippen molar-refractivity contribution < 1.29 is 9.59 Å². The fourth-order valence-corrected chi connectivity index (χ4v) is 3.15. The van der Waals surface area contributed by atoms with E-state index in [1.807, 2.05) is 24.3 Å². The first-order valence-corrected chi connectivity index (χ1v) is 8.36. The topological polar surface area (TPSA) is 37.4 Å². The average Bonchev–Trinajstić information content (AvgIpc) is 2.90. The maximum Gasteiger partial charge on any atom is 0.171 e. The van der Waals surface area contributed by atoms with Gasteiger partial charge < -0.3 is 4.90 Å². The summed E-state index contributed by atoms with van der Waals surface area (Å²) >= 11 is 0. The predicted molar refractivity (Wildman–Crippen MR) is 98.7 cm³/mol. The van der Waals surface area contributed by atoms with Crippen LogP contribution in [0.1, 0.15) is 52.1 Å². The predicted octanol–water partition coefficient (Wildman–Crippen LogP) is 4.47. The van der Waals surface area contributed by atoms with Gasteiger partial charge in [0.2, 0.25) is 0 Å². The van der Waals surface area contributed by atoms with E-state index >= 15 is 0 Å². The van der Waals surface area contributed by atoms with Crippen LogP contribution in [0.4, 0.5) is 5.69 Å². The van der Waals surface area contributed by atoms with Crippen LogP contribution in [0, 0.1) is 0 Å². The molecule has 0 amide bonds. The van der Waals surface area contributed by atoms with E-state index in [1.165, 1.54) is 5.69 Å². The molecule has 0 heterocycles. The average molecular weight is 319 g/mol. The molecule has 3 rings (SSSR count). The van der Waals surface area contributed by atoms with E-state index < -0.39 is 0 Å². The number of carbonyl (C=O) groups excluding carboxylic acids is 2. The molecule has 122 valence electrons. The summed E-state index contributed by atoms with van der Waals surface area (Å²) in [6.45, 7) is 6.26. The standard InChI is InChI=1S/C21H21NO2/c1-3-22(4-2)17-12-9-15(10-13-17)8-11-16-6-5-7-18-19(23)14-20(24)21(16)18/h5-13H,3-4,14H2,1-2H3. The van der Waals surface area contributed by atoms with Crippen molar-refractivity contribution in [2.24, 2.45) is 0 Å². The van der Waals surface area contributed by atoms with Crippen molar-refractivity contribution in [1.29, 1.82) is 0 Å². The Labute approximate surface area is 142 Å². The second-order valence-corrected chi connectivity index (χ2v) is 5.89. The summed E-state index contributed by atoms with van der Waals surface area (Å²) in [6.07, 6.45) is 3.90. The second kappa shape index (κ2) is 6.83. The minimum absolute atomic E-state index is 0.00124. The van der Waals surface area contributed by atoms with E-state index in [4.69, 9.17) is 0 Å². The zero-order valence-electron chi connectivity index (χ0n) is 14.1. The van der Waals surface area contributed by atoms with Gasteiger partial charge in [0.15, 0.2) is 11.6 Å². The van der Waals surface area contributed by atoms with Crippen LogP contribution >= 0.6 is 0 Å².